The number of nitrogens with zero attached hydrogens (tertiary/aromatic N) is 3. The van der Waals surface area contributed by atoms with E-state index < -0.39 is 23.1 Å². The number of aryl methyl sites for hydroxylation is 1. The summed E-state index contributed by atoms with van der Waals surface area (Å²) in [7, 11) is 2.74. The molecular formula is C17H19N5O3S. The zero-order valence-corrected chi connectivity index (χ0v) is 15.7. The Hall–Kier alpha value is -2.94. The van der Waals surface area contributed by atoms with Crippen molar-refractivity contribution in [3.63, 3.8) is 0 Å². The van der Waals surface area contributed by atoms with Crippen LogP contribution in [0.15, 0.2) is 27.8 Å². The zero-order valence-electron chi connectivity index (χ0n) is 14.9. The Bertz CT molecular complexity index is 1140. The summed E-state index contributed by atoms with van der Waals surface area (Å²) in [5.41, 5.74) is 6.03. The third-order valence-electron chi connectivity index (χ3n) is 4.23. The fourth-order valence-corrected chi connectivity index (χ4v) is 3.62. The van der Waals surface area contributed by atoms with Crippen LogP contribution in [-0.4, -0.2) is 25.9 Å². The summed E-state index contributed by atoms with van der Waals surface area (Å²) in [5.74, 6) is -0.607. The van der Waals surface area contributed by atoms with Crippen molar-refractivity contribution in [3.05, 3.63) is 49.6 Å². The molecule has 0 aliphatic rings. The van der Waals surface area contributed by atoms with E-state index in [2.05, 4.69) is 10.3 Å². The quantitative estimate of drug-likeness (QED) is 0.666. The van der Waals surface area contributed by atoms with E-state index in [1.807, 2.05) is 25.1 Å². The van der Waals surface area contributed by atoms with Gasteiger partial charge in [0, 0.05) is 19.8 Å². The highest BCUT2D eigenvalue weighted by Gasteiger charge is 2.24. The molecule has 26 heavy (non-hydrogen) atoms. The number of benzene rings is 1. The molecule has 0 radical (unpaired) electrons. The van der Waals surface area contributed by atoms with Gasteiger partial charge in [0.2, 0.25) is 0 Å². The number of carbonyl (C=O) groups excluding carboxylic acids is 1. The van der Waals surface area contributed by atoms with Crippen LogP contribution >= 0.6 is 11.3 Å². The SMILES string of the molecule is Cc1nc2ccc(N[C@@H](C)C(=O)c3c(N)n(C)c(=O)n(C)c3=O)cc2s1. The first-order valence-electron chi connectivity index (χ1n) is 7.94. The van der Waals surface area contributed by atoms with Gasteiger partial charge in [-0.3, -0.25) is 18.7 Å². The van der Waals surface area contributed by atoms with Gasteiger partial charge in [0.05, 0.1) is 21.3 Å². The van der Waals surface area contributed by atoms with Gasteiger partial charge in [-0.05, 0) is 32.0 Å². The van der Waals surface area contributed by atoms with Crippen molar-refractivity contribution in [1.82, 2.24) is 14.1 Å². The minimum atomic E-state index is -0.700. The molecule has 2 aromatic heterocycles. The average Bonchev–Trinajstić information content (AvgIpc) is 2.97. The molecule has 0 amide bonds. The summed E-state index contributed by atoms with van der Waals surface area (Å²) >= 11 is 1.56. The highest BCUT2D eigenvalue weighted by Crippen LogP contribution is 2.25. The first kappa shape index (κ1) is 17.9. The number of hydrogen-bond acceptors (Lipinski definition) is 7. The van der Waals surface area contributed by atoms with E-state index in [0.717, 1.165) is 30.0 Å². The zero-order chi connectivity index (χ0) is 19.2. The summed E-state index contributed by atoms with van der Waals surface area (Å²) in [4.78, 5) is 41.4. The molecule has 1 aromatic carbocycles. The number of hydrogen-bond donors (Lipinski definition) is 2. The topological polar surface area (TPSA) is 112 Å². The number of nitrogens with one attached hydrogen (secondary N) is 1. The van der Waals surface area contributed by atoms with Crippen molar-refractivity contribution in [2.75, 3.05) is 11.1 Å². The molecule has 0 bridgehead atoms. The lowest BCUT2D eigenvalue weighted by Crippen LogP contribution is -2.43. The third kappa shape index (κ3) is 2.90. The van der Waals surface area contributed by atoms with E-state index in [-0.39, 0.29) is 11.4 Å². The molecule has 2 heterocycles. The predicted octanol–water partition coefficient (Wildman–Crippen LogP) is 1.27. The molecular weight excluding hydrogens is 354 g/mol. The van der Waals surface area contributed by atoms with Crippen LogP contribution < -0.4 is 22.3 Å². The van der Waals surface area contributed by atoms with Crippen molar-refractivity contribution in [3.8, 4) is 0 Å². The van der Waals surface area contributed by atoms with Crippen molar-refractivity contribution in [2.45, 2.75) is 19.9 Å². The fourth-order valence-electron chi connectivity index (χ4n) is 2.75. The van der Waals surface area contributed by atoms with Crippen molar-refractivity contribution >= 4 is 38.8 Å². The summed E-state index contributed by atoms with van der Waals surface area (Å²) < 4.78 is 2.97. The molecule has 0 saturated carbocycles. The summed E-state index contributed by atoms with van der Waals surface area (Å²) in [5, 5.41) is 4.05. The van der Waals surface area contributed by atoms with Gasteiger partial charge in [0.1, 0.15) is 11.4 Å². The lowest BCUT2D eigenvalue weighted by molar-refractivity contribution is 0.0973. The summed E-state index contributed by atoms with van der Waals surface area (Å²) in [6.45, 7) is 3.58. The van der Waals surface area contributed by atoms with Crippen LogP contribution in [0.3, 0.4) is 0 Å². The van der Waals surface area contributed by atoms with Crippen LogP contribution in [-0.2, 0) is 14.1 Å². The molecule has 9 heteroatoms. The highest BCUT2D eigenvalue weighted by atomic mass is 32.1. The second-order valence-corrected chi connectivity index (χ2v) is 7.35. The van der Waals surface area contributed by atoms with Crippen LogP contribution in [0.25, 0.3) is 10.2 Å². The molecule has 0 fully saturated rings. The average molecular weight is 373 g/mol. The molecule has 0 saturated heterocycles. The monoisotopic (exact) mass is 373 g/mol. The maximum Gasteiger partial charge on any atom is 0.332 e. The van der Waals surface area contributed by atoms with Crippen LogP contribution in [0.1, 0.15) is 22.3 Å². The number of ketones is 1. The molecule has 3 rings (SSSR count). The first-order valence-corrected chi connectivity index (χ1v) is 8.75. The molecule has 1 atom stereocenters. The van der Waals surface area contributed by atoms with E-state index in [4.69, 9.17) is 5.73 Å². The van der Waals surface area contributed by atoms with Gasteiger partial charge in [0.25, 0.3) is 5.56 Å². The van der Waals surface area contributed by atoms with Crippen LogP contribution in [0.4, 0.5) is 11.5 Å². The second kappa shape index (κ2) is 6.41. The number of anilines is 2. The van der Waals surface area contributed by atoms with E-state index in [1.165, 1.54) is 14.1 Å². The molecule has 3 aromatic rings. The van der Waals surface area contributed by atoms with Crippen molar-refractivity contribution in [2.24, 2.45) is 14.1 Å². The van der Waals surface area contributed by atoms with Gasteiger partial charge in [-0.15, -0.1) is 11.3 Å². The number of nitrogens with two attached hydrogens (primary N) is 1. The Morgan fingerprint density at radius 3 is 2.65 bits per heavy atom. The Morgan fingerprint density at radius 1 is 1.27 bits per heavy atom. The maximum absolute atomic E-state index is 12.8. The van der Waals surface area contributed by atoms with Gasteiger partial charge in [-0.2, -0.15) is 0 Å². The fraction of sp³-hybridized carbons (Fsp3) is 0.294. The molecule has 3 N–H and O–H groups in total. The van der Waals surface area contributed by atoms with Crippen LogP contribution in [0.5, 0.6) is 0 Å². The summed E-state index contributed by atoms with van der Waals surface area (Å²) in [6.07, 6.45) is 0. The van der Waals surface area contributed by atoms with Crippen molar-refractivity contribution in [1.29, 1.82) is 0 Å². The number of fused-ring (bicyclic) bond motifs is 1. The Labute approximate surface area is 152 Å². The van der Waals surface area contributed by atoms with E-state index in [9.17, 15) is 14.4 Å². The standard InChI is InChI=1S/C17H19N5O3S/c1-8(19-10-5-6-11-12(7-10)26-9(2)20-11)14(23)13-15(18)21(3)17(25)22(4)16(13)24/h5-8,19H,18H2,1-4H3/t8-/m0/s1. The number of nitrogen functional groups attached to an aromatic ring is 1. The largest absolute Gasteiger partial charge is 0.384 e. The normalized spacial score (nSPS) is 12.3. The minimum absolute atomic E-state index is 0.134. The number of rotatable bonds is 4. The first-order chi connectivity index (χ1) is 12.2. The van der Waals surface area contributed by atoms with Gasteiger partial charge in [0.15, 0.2) is 5.78 Å². The molecule has 0 aliphatic carbocycles. The summed E-state index contributed by atoms with van der Waals surface area (Å²) in [6, 6.07) is 4.91. The number of Topliss-reactive ketones (excluding diaryl/α,β-unsaturated/α-hetero) is 1. The lowest BCUT2D eigenvalue weighted by atomic mass is 10.1. The van der Waals surface area contributed by atoms with E-state index >= 15 is 0 Å². The Kier molecular flexibility index (Phi) is 4.41. The van der Waals surface area contributed by atoms with E-state index in [0.29, 0.717) is 0 Å². The molecule has 0 spiro atoms. The van der Waals surface area contributed by atoms with Gasteiger partial charge < -0.3 is 11.1 Å². The molecule has 0 unspecified atom stereocenters. The van der Waals surface area contributed by atoms with Crippen molar-refractivity contribution < 1.29 is 4.79 Å². The predicted molar refractivity (Wildman–Crippen MR) is 103 cm³/mol. The lowest BCUT2D eigenvalue weighted by Gasteiger charge is -2.16. The highest BCUT2D eigenvalue weighted by molar-refractivity contribution is 7.18. The number of aromatic nitrogens is 3. The third-order valence-corrected chi connectivity index (χ3v) is 5.16. The molecule has 0 aliphatic heterocycles. The molecule has 136 valence electrons. The Morgan fingerprint density at radius 2 is 1.96 bits per heavy atom. The van der Waals surface area contributed by atoms with Crippen LogP contribution in [0.2, 0.25) is 0 Å². The number of carbonyl (C=O) groups is 1. The second-order valence-electron chi connectivity index (χ2n) is 6.11. The molecule has 8 nitrogen and oxygen atoms in total. The van der Waals surface area contributed by atoms with Gasteiger partial charge in [-0.25, -0.2) is 9.78 Å². The smallest absolute Gasteiger partial charge is 0.332 e. The number of thiazole rings is 1. The van der Waals surface area contributed by atoms with Gasteiger partial charge in [-0.1, -0.05) is 0 Å². The minimum Gasteiger partial charge on any atom is -0.384 e. The van der Waals surface area contributed by atoms with Gasteiger partial charge >= 0.3 is 5.69 Å². The van der Waals surface area contributed by atoms with E-state index in [1.54, 1.807) is 18.3 Å². The maximum atomic E-state index is 12.8. The Balaban J connectivity index is 1.95. The van der Waals surface area contributed by atoms with Crippen LogP contribution in [0, 0.1) is 6.92 Å².